The van der Waals surface area contributed by atoms with E-state index in [1.54, 1.807) is 26.1 Å². The normalized spacial score (nSPS) is 12.0. The number of carbonyl (C=O) groups excluding carboxylic acids is 1. The van der Waals surface area contributed by atoms with Crippen molar-refractivity contribution in [3.05, 3.63) is 23.5 Å². The molecule has 0 saturated carbocycles. The molecule has 5 heteroatoms. The first kappa shape index (κ1) is 13.4. The number of pyridine rings is 1. The van der Waals surface area contributed by atoms with Crippen molar-refractivity contribution in [3.8, 4) is 5.75 Å². The summed E-state index contributed by atoms with van der Waals surface area (Å²) < 4.78 is 10.3. The fourth-order valence-electron chi connectivity index (χ4n) is 1.24. The number of hydrogen-bond acceptors (Lipinski definition) is 5. The van der Waals surface area contributed by atoms with Crippen LogP contribution in [0, 0.1) is 6.92 Å². The molecule has 1 aromatic heterocycles. The van der Waals surface area contributed by atoms with Crippen molar-refractivity contribution in [1.82, 2.24) is 4.98 Å². The van der Waals surface area contributed by atoms with Gasteiger partial charge in [0.25, 0.3) is 0 Å². The molecule has 0 radical (unpaired) electrons. The highest BCUT2D eigenvalue weighted by Crippen LogP contribution is 2.16. The number of carbonyl (C=O) groups is 1. The second-order valence-electron chi connectivity index (χ2n) is 3.81. The van der Waals surface area contributed by atoms with Gasteiger partial charge in [-0.25, -0.2) is 4.79 Å². The molecule has 1 atom stereocenters. The van der Waals surface area contributed by atoms with Crippen LogP contribution in [0.4, 0.5) is 0 Å². The maximum absolute atomic E-state index is 11.6. The van der Waals surface area contributed by atoms with Gasteiger partial charge in [0.15, 0.2) is 0 Å². The van der Waals surface area contributed by atoms with Crippen LogP contribution in [0.5, 0.6) is 5.75 Å². The minimum Gasteiger partial charge on any atom is -0.490 e. The molecule has 2 N–H and O–H groups in total. The van der Waals surface area contributed by atoms with Gasteiger partial charge in [-0.3, -0.25) is 4.98 Å². The minimum atomic E-state index is -0.385. The lowest BCUT2D eigenvalue weighted by molar-refractivity contribution is 0.0524. The summed E-state index contributed by atoms with van der Waals surface area (Å²) >= 11 is 0. The van der Waals surface area contributed by atoms with Gasteiger partial charge in [-0.05, 0) is 26.8 Å². The van der Waals surface area contributed by atoms with E-state index in [1.165, 1.54) is 0 Å². The Morgan fingerprint density at radius 3 is 2.88 bits per heavy atom. The van der Waals surface area contributed by atoms with Crippen LogP contribution < -0.4 is 10.5 Å². The summed E-state index contributed by atoms with van der Waals surface area (Å²) in [6.07, 6.45) is 1.57. The third-order valence-electron chi connectivity index (χ3n) is 2.07. The van der Waals surface area contributed by atoms with Gasteiger partial charge in [-0.1, -0.05) is 0 Å². The first-order valence-electron chi connectivity index (χ1n) is 5.56. The van der Waals surface area contributed by atoms with Gasteiger partial charge in [0.2, 0.25) is 0 Å². The van der Waals surface area contributed by atoms with Gasteiger partial charge in [-0.2, -0.15) is 0 Å². The monoisotopic (exact) mass is 238 g/mol. The maximum Gasteiger partial charge on any atom is 0.340 e. The van der Waals surface area contributed by atoms with Crippen molar-refractivity contribution >= 4 is 5.97 Å². The highest BCUT2D eigenvalue weighted by molar-refractivity contribution is 5.90. The summed E-state index contributed by atoms with van der Waals surface area (Å²) in [6.45, 7) is 6.07. The smallest absolute Gasteiger partial charge is 0.340 e. The molecule has 1 rings (SSSR count). The lowest BCUT2D eigenvalue weighted by atomic mass is 10.2. The molecule has 0 aliphatic rings. The molecule has 0 fully saturated rings. The van der Waals surface area contributed by atoms with Crippen molar-refractivity contribution in [2.75, 3.05) is 13.2 Å². The fraction of sp³-hybridized carbons (Fsp3) is 0.500. The highest BCUT2D eigenvalue weighted by Gasteiger charge is 2.12. The standard InChI is InChI=1S/C12H18N2O3/c1-4-16-12(15)11-5-10(6-14-9(11)3)17-7-8(2)13/h5-6,8H,4,7,13H2,1-3H3/t8-/m0/s1. The molecule has 1 aromatic rings. The molecule has 94 valence electrons. The van der Waals surface area contributed by atoms with Crippen molar-refractivity contribution < 1.29 is 14.3 Å². The van der Waals surface area contributed by atoms with Crippen LogP contribution in [0.1, 0.15) is 29.9 Å². The summed E-state index contributed by atoms with van der Waals surface area (Å²) in [6, 6.07) is 1.56. The Hall–Kier alpha value is -1.62. The lowest BCUT2D eigenvalue weighted by Gasteiger charge is -2.10. The Bertz CT molecular complexity index is 391. The summed E-state index contributed by atoms with van der Waals surface area (Å²) in [4.78, 5) is 15.7. The average Bonchev–Trinajstić information content (AvgIpc) is 2.28. The zero-order valence-electron chi connectivity index (χ0n) is 10.4. The number of nitrogens with two attached hydrogens (primary N) is 1. The molecule has 0 aliphatic carbocycles. The quantitative estimate of drug-likeness (QED) is 0.782. The van der Waals surface area contributed by atoms with Crippen LogP contribution in [-0.4, -0.2) is 30.2 Å². The molecule has 0 aliphatic heterocycles. The second-order valence-corrected chi connectivity index (χ2v) is 3.81. The lowest BCUT2D eigenvalue weighted by Crippen LogP contribution is -2.23. The molecule has 0 bridgehead atoms. The van der Waals surface area contributed by atoms with E-state index in [2.05, 4.69) is 4.98 Å². The summed E-state index contributed by atoms with van der Waals surface area (Å²) in [5.41, 5.74) is 6.63. The topological polar surface area (TPSA) is 74.4 Å². The number of rotatable bonds is 5. The van der Waals surface area contributed by atoms with Crippen molar-refractivity contribution in [3.63, 3.8) is 0 Å². The van der Waals surface area contributed by atoms with Gasteiger partial charge in [0, 0.05) is 6.04 Å². The number of ether oxygens (including phenoxy) is 2. The zero-order chi connectivity index (χ0) is 12.8. The molecule has 0 spiro atoms. The van der Waals surface area contributed by atoms with E-state index >= 15 is 0 Å². The number of aromatic nitrogens is 1. The van der Waals surface area contributed by atoms with Gasteiger partial charge < -0.3 is 15.2 Å². The largest absolute Gasteiger partial charge is 0.490 e. The van der Waals surface area contributed by atoms with Crippen LogP contribution in [0.25, 0.3) is 0 Å². The summed E-state index contributed by atoms with van der Waals surface area (Å²) in [5, 5.41) is 0. The van der Waals surface area contributed by atoms with E-state index in [1.807, 2.05) is 6.92 Å². The third-order valence-corrected chi connectivity index (χ3v) is 2.07. The van der Waals surface area contributed by atoms with E-state index < -0.39 is 0 Å². The Morgan fingerprint density at radius 2 is 2.29 bits per heavy atom. The predicted molar refractivity (Wildman–Crippen MR) is 64.1 cm³/mol. The molecule has 0 amide bonds. The fourth-order valence-corrected chi connectivity index (χ4v) is 1.24. The maximum atomic E-state index is 11.6. The van der Waals surface area contributed by atoms with Crippen LogP contribution in [0.3, 0.4) is 0 Å². The molecule has 0 saturated heterocycles. The zero-order valence-corrected chi connectivity index (χ0v) is 10.4. The van der Waals surface area contributed by atoms with E-state index in [-0.39, 0.29) is 12.0 Å². The van der Waals surface area contributed by atoms with E-state index in [4.69, 9.17) is 15.2 Å². The Morgan fingerprint density at radius 1 is 1.59 bits per heavy atom. The van der Waals surface area contributed by atoms with Gasteiger partial charge in [-0.15, -0.1) is 0 Å². The highest BCUT2D eigenvalue weighted by atomic mass is 16.5. The first-order chi connectivity index (χ1) is 8.04. The average molecular weight is 238 g/mol. The SMILES string of the molecule is CCOC(=O)c1cc(OC[C@H](C)N)cnc1C. The molecule has 5 nitrogen and oxygen atoms in total. The second kappa shape index (κ2) is 6.20. The third kappa shape index (κ3) is 4.03. The summed E-state index contributed by atoms with van der Waals surface area (Å²) in [5.74, 6) is 0.139. The van der Waals surface area contributed by atoms with E-state index in [0.29, 0.717) is 30.2 Å². The number of hydrogen-bond donors (Lipinski definition) is 1. The minimum absolute atomic E-state index is 0.0673. The van der Waals surface area contributed by atoms with Crippen LogP contribution in [0.2, 0.25) is 0 Å². The van der Waals surface area contributed by atoms with Gasteiger partial charge in [0.05, 0.1) is 24.1 Å². The van der Waals surface area contributed by atoms with Crippen molar-refractivity contribution in [2.24, 2.45) is 5.73 Å². The Balaban J connectivity index is 2.82. The van der Waals surface area contributed by atoms with Gasteiger partial charge in [0.1, 0.15) is 12.4 Å². The van der Waals surface area contributed by atoms with E-state index in [0.717, 1.165) is 0 Å². The number of aryl methyl sites for hydroxylation is 1. The molecule has 1 heterocycles. The van der Waals surface area contributed by atoms with Crippen molar-refractivity contribution in [1.29, 1.82) is 0 Å². The van der Waals surface area contributed by atoms with Crippen LogP contribution >= 0.6 is 0 Å². The molecule has 17 heavy (non-hydrogen) atoms. The summed E-state index contributed by atoms with van der Waals surface area (Å²) in [7, 11) is 0. The molecule has 0 aromatic carbocycles. The van der Waals surface area contributed by atoms with Gasteiger partial charge >= 0.3 is 5.97 Å². The molecular weight excluding hydrogens is 220 g/mol. The molecular formula is C12H18N2O3. The first-order valence-corrected chi connectivity index (χ1v) is 5.56. The number of esters is 1. The molecule has 0 unspecified atom stereocenters. The van der Waals surface area contributed by atoms with Crippen LogP contribution in [-0.2, 0) is 4.74 Å². The number of nitrogens with zero attached hydrogens (tertiary/aromatic N) is 1. The Labute approximate surface area is 101 Å². The van der Waals surface area contributed by atoms with Crippen molar-refractivity contribution in [2.45, 2.75) is 26.8 Å². The van der Waals surface area contributed by atoms with Crippen LogP contribution in [0.15, 0.2) is 12.3 Å². The predicted octanol–water partition coefficient (Wildman–Crippen LogP) is 1.29. The van der Waals surface area contributed by atoms with E-state index in [9.17, 15) is 4.79 Å². The Kier molecular flexibility index (Phi) is 4.90.